The summed E-state index contributed by atoms with van der Waals surface area (Å²) in [7, 11) is -3.91. The van der Waals surface area contributed by atoms with Crippen LogP contribution in [0.15, 0.2) is 60.6 Å². The number of halogens is 2. The molecule has 0 bridgehead atoms. The number of thiophene rings is 1. The highest BCUT2D eigenvalue weighted by Crippen LogP contribution is 2.55. The number of benzene rings is 2. The summed E-state index contributed by atoms with van der Waals surface area (Å²) in [5.74, 6) is -1.19. The van der Waals surface area contributed by atoms with Crippen molar-refractivity contribution in [1.82, 2.24) is 0 Å². The van der Waals surface area contributed by atoms with Crippen LogP contribution >= 0.6 is 30.3 Å². The maximum absolute atomic E-state index is 13.6. The zero-order chi connectivity index (χ0) is 19.8. The fourth-order valence-electron chi connectivity index (χ4n) is 2.91. The van der Waals surface area contributed by atoms with Crippen LogP contribution in [-0.4, -0.2) is 17.5 Å². The Hall–Kier alpha value is -1.98. The molecule has 1 N–H and O–H groups in total. The Morgan fingerprint density at radius 3 is 2.74 bits per heavy atom. The van der Waals surface area contributed by atoms with E-state index in [0.29, 0.717) is 16.0 Å². The number of anilines is 1. The Bertz CT molecular complexity index is 1080. The summed E-state index contributed by atoms with van der Waals surface area (Å²) in [5.41, 5.74) is -0.684. The van der Waals surface area contributed by atoms with Crippen LogP contribution in [0.1, 0.15) is 11.2 Å². The molecule has 0 aliphatic rings. The summed E-state index contributed by atoms with van der Waals surface area (Å²) < 4.78 is 27.1. The third kappa shape index (κ3) is 3.99. The van der Waals surface area contributed by atoms with Crippen LogP contribution < -0.4 is 4.90 Å². The lowest BCUT2D eigenvalue weighted by Gasteiger charge is -2.26. The highest BCUT2D eigenvalue weighted by Gasteiger charge is 2.39. The van der Waals surface area contributed by atoms with E-state index in [0.717, 1.165) is 22.3 Å². The minimum atomic E-state index is -3.91. The van der Waals surface area contributed by atoms with E-state index < -0.39 is 24.8 Å². The number of fused-ring (bicyclic) bond motifs is 1. The van der Waals surface area contributed by atoms with E-state index in [4.69, 9.17) is 11.6 Å². The quantitative estimate of drug-likeness (QED) is 0.527. The Morgan fingerprint density at radius 1 is 1.37 bits per heavy atom. The molecule has 1 aromatic heterocycles. The first-order chi connectivity index (χ1) is 12.7. The smallest absolute Gasteiger partial charge is 0.248 e. The first-order valence-electron chi connectivity index (χ1n) is 7.90. The van der Waals surface area contributed by atoms with Crippen LogP contribution in [0, 0.1) is 5.82 Å². The van der Waals surface area contributed by atoms with Gasteiger partial charge >= 0.3 is 0 Å². The van der Waals surface area contributed by atoms with Gasteiger partial charge in [0.25, 0.3) is 0 Å². The second-order valence-corrected chi connectivity index (χ2v) is 9.80. The summed E-state index contributed by atoms with van der Waals surface area (Å²) >= 11 is 7.42. The van der Waals surface area contributed by atoms with Gasteiger partial charge in [0.15, 0.2) is 0 Å². The summed E-state index contributed by atoms with van der Waals surface area (Å²) in [6, 6.07) is 10.6. The molecule has 0 radical (unpaired) electrons. The molecular formula is C19H16ClFNO3PS. The molecule has 0 saturated carbocycles. The Labute approximate surface area is 165 Å². The zero-order valence-electron chi connectivity index (χ0n) is 14.3. The van der Waals surface area contributed by atoms with Gasteiger partial charge in [0.2, 0.25) is 13.3 Å². The molecule has 3 rings (SSSR count). The molecule has 2 atom stereocenters. The second-order valence-electron chi connectivity index (χ2n) is 6.05. The lowest BCUT2D eigenvalue weighted by atomic mass is 10.1. The molecule has 0 spiro atoms. The number of hydrogen-bond donors (Lipinski definition) is 1. The normalized spacial score (nSPS) is 14.5. The average molecular weight is 424 g/mol. The van der Waals surface area contributed by atoms with Crippen molar-refractivity contribution in [3.8, 4) is 0 Å². The van der Waals surface area contributed by atoms with Crippen LogP contribution in [0.3, 0.4) is 0 Å². The van der Waals surface area contributed by atoms with Gasteiger partial charge in [0.1, 0.15) is 11.5 Å². The molecular weight excluding hydrogens is 408 g/mol. The minimum absolute atomic E-state index is 0.228. The SMILES string of the molecule is C=CN(C(=O)C(c1csc2ccc(Cl)cc12)P(C)(=O)O)c1cccc(F)c1. The fraction of sp³-hybridized carbons (Fsp3) is 0.105. The fourth-order valence-corrected chi connectivity index (χ4v) is 5.41. The number of carbonyl (C=O) groups is 1. The zero-order valence-corrected chi connectivity index (χ0v) is 16.8. The predicted molar refractivity (Wildman–Crippen MR) is 109 cm³/mol. The van der Waals surface area contributed by atoms with Crippen molar-refractivity contribution in [1.29, 1.82) is 0 Å². The molecule has 27 heavy (non-hydrogen) atoms. The van der Waals surface area contributed by atoms with Gasteiger partial charge in [-0.3, -0.25) is 14.3 Å². The van der Waals surface area contributed by atoms with Crippen molar-refractivity contribution in [3.63, 3.8) is 0 Å². The van der Waals surface area contributed by atoms with Crippen LogP contribution in [0.2, 0.25) is 5.02 Å². The third-order valence-electron chi connectivity index (χ3n) is 4.08. The van der Waals surface area contributed by atoms with Crippen LogP contribution in [0.25, 0.3) is 10.1 Å². The van der Waals surface area contributed by atoms with Gasteiger partial charge in [0, 0.05) is 22.6 Å². The van der Waals surface area contributed by atoms with E-state index in [1.165, 1.54) is 35.7 Å². The van der Waals surface area contributed by atoms with Gasteiger partial charge in [0.05, 0.1) is 5.69 Å². The number of nitrogens with zero attached hydrogens (tertiary/aromatic N) is 1. The number of amides is 1. The van der Waals surface area contributed by atoms with Crippen molar-refractivity contribution in [2.24, 2.45) is 0 Å². The molecule has 3 aromatic rings. The predicted octanol–water partition coefficient (Wildman–Crippen LogP) is 5.81. The lowest BCUT2D eigenvalue weighted by molar-refractivity contribution is -0.117. The molecule has 0 aliphatic carbocycles. The van der Waals surface area contributed by atoms with Crippen molar-refractivity contribution < 1.29 is 18.6 Å². The highest BCUT2D eigenvalue weighted by molar-refractivity contribution is 7.58. The van der Waals surface area contributed by atoms with Gasteiger partial charge in [-0.05, 0) is 52.7 Å². The molecule has 0 saturated heterocycles. The molecule has 2 unspecified atom stereocenters. The van der Waals surface area contributed by atoms with Crippen LogP contribution in [-0.2, 0) is 9.36 Å². The molecule has 1 amide bonds. The molecule has 4 nitrogen and oxygen atoms in total. The number of rotatable bonds is 5. The van der Waals surface area contributed by atoms with Crippen LogP contribution in [0.5, 0.6) is 0 Å². The molecule has 0 fully saturated rings. The molecule has 2 aromatic carbocycles. The van der Waals surface area contributed by atoms with E-state index in [9.17, 15) is 18.6 Å². The summed E-state index contributed by atoms with van der Waals surface area (Å²) in [6.45, 7) is 4.74. The van der Waals surface area contributed by atoms with E-state index in [2.05, 4.69) is 6.58 Å². The van der Waals surface area contributed by atoms with E-state index in [-0.39, 0.29) is 5.69 Å². The summed E-state index contributed by atoms with van der Waals surface area (Å²) in [4.78, 5) is 24.7. The van der Waals surface area contributed by atoms with Crippen molar-refractivity contribution in [3.05, 3.63) is 77.0 Å². The molecule has 140 valence electrons. The largest absolute Gasteiger partial charge is 0.344 e. The first-order valence-corrected chi connectivity index (χ1v) is 11.3. The Morgan fingerprint density at radius 2 is 2.11 bits per heavy atom. The van der Waals surface area contributed by atoms with Gasteiger partial charge in [-0.2, -0.15) is 0 Å². The molecule has 1 heterocycles. The standard InChI is InChI=1S/C19H16ClFNO3PS/c1-3-22(14-6-4-5-13(21)10-14)19(23)18(26(2,24)25)16-11-27-17-8-7-12(20)9-15(16)17/h3-11,18H,1H2,2H3,(H,24,25). The maximum Gasteiger partial charge on any atom is 0.248 e. The van der Waals surface area contributed by atoms with Crippen molar-refractivity contribution in [2.75, 3.05) is 11.6 Å². The van der Waals surface area contributed by atoms with Gasteiger partial charge in [-0.15, -0.1) is 11.3 Å². The topological polar surface area (TPSA) is 57.6 Å². The van der Waals surface area contributed by atoms with Crippen molar-refractivity contribution in [2.45, 2.75) is 5.66 Å². The maximum atomic E-state index is 13.6. The van der Waals surface area contributed by atoms with Crippen LogP contribution in [0.4, 0.5) is 10.1 Å². The highest BCUT2D eigenvalue weighted by atomic mass is 35.5. The van der Waals surface area contributed by atoms with E-state index in [1.807, 2.05) is 0 Å². The number of carbonyl (C=O) groups excluding carboxylic acids is 1. The van der Waals surface area contributed by atoms with E-state index >= 15 is 0 Å². The van der Waals surface area contributed by atoms with Gasteiger partial charge in [-0.1, -0.05) is 24.2 Å². The first kappa shape index (κ1) is 19.8. The Kier molecular flexibility index (Phi) is 5.54. The summed E-state index contributed by atoms with van der Waals surface area (Å²) in [6.07, 6.45) is 1.21. The lowest BCUT2D eigenvalue weighted by Crippen LogP contribution is -2.30. The van der Waals surface area contributed by atoms with Crippen molar-refractivity contribution >= 4 is 52.0 Å². The second kappa shape index (κ2) is 7.56. The Balaban J connectivity index is 2.14. The minimum Gasteiger partial charge on any atom is -0.344 e. The van der Waals surface area contributed by atoms with E-state index in [1.54, 1.807) is 23.6 Å². The number of hydrogen-bond acceptors (Lipinski definition) is 3. The third-order valence-corrected chi connectivity index (χ3v) is 6.75. The molecule has 8 heteroatoms. The van der Waals surface area contributed by atoms with Gasteiger partial charge in [-0.25, -0.2) is 4.39 Å². The molecule has 0 aliphatic heterocycles. The monoisotopic (exact) mass is 423 g/mol. The average Bonchev–Trinajstić information content (AvgIpc) is 2.97. The summed E-state index contributed by atoms with van der Waals surface area (Å²) in [5, 5.41) is 2.79. The van der Waals surface area contributed by atoms with Gasteiger partial charge < -0.3 is 4.89 Å².